The number of benzene rings is 3. The van der Waals surface area contributed by atoms with Crippen molar-refractivity contribution >= 4 is 32.2 Å². The van der Waals surface area contributed by atoms with Crippen LogP contribution in [0.4, 0.5) is 0 Å². The van der Waals surface area contributed by atoms with Gasteiger partial charge in [-0.1, -0.05) is 42.5 Å². The fourth-order valence-corrected chi connectivity index (χ4v) is 7.23. The number of carbonyl (C=O) groups excluding carboxylic acids is 1. The predicted molar refractivity (Wildman–Crippen MR) is 145 cm³/mol. The number of rotatable bonds is 9. The molecule has 13 heteroatoms. The highest BCUT2D eigenvalue weighted by atomic mass is 32.2. The largest absolute Gasteiger partial charge is 0.493 e. The second kappa shape index (κ2) is 11.9. The fourth-order valence-electron chi connectivity index (χ4n) is 4.18. The Hall–Kier alpha value is -3.78. The first-order chi connectivity index (χ1) is 18.7. The van der Waals surface area contributed by atoms with Crippen molar-refractivity contribution in [3.63, 3.8) is 0 Å². The van der Waals surface area contributed by atoms with E-state index in [-0.39, 0.29) is 22.9 Å². The molecule has 0 spiro atoms. The average molecular weight is 573 g/mol. The van der Waals surface area contributed by atoms with Gasteiger partial charge in [-0.05, 0) is 36.4 Å². The quantitative estimate of drug-likeness (QED) is 0.306. The van der Waals surface area contributed by atoms with Crippen LogP contribution >= 0.6 is 0 Å². The van der Waals surface area contributed by atoms with Gasteiger partial charge in [-0.15, -0.1) is 0 Å². The summed E-state index contributed by atoms with van der Waals surface area (Å²) in [5.74, 6) is 0.0617. The number of amides is 1. The molecule has 1 saturated heterocycles. The minimum atomic E-state index is -4.12. The number of hydrogen-bond acceptors (Lipinski definition) is 8. The third-order valence-electron chi connectivity index (χ3n) is 6.14. The number of methoxy groups -OCH3 is 2. The van der Waals surface area contributed by atoms with E-state index in [4.69, 9.17) is 9.47 Å². The first-order valence-electron chi connectivity index (χ1n) is 11.9. The molecule has 11 nitrogen and oxygen atoms in total. The Bertz CT molecular complexity index is 1550. The molecule has 3 aromatic rings. The number of hydrogen-bond donors (Lipinski definition) is 1. The Balaban J connectivity index is 1.64. The van der Waals surface area contributed by atoms with Gasteiger partial charge < -0.3 is 9.47 Å². The predicted octanol–water partition coefficient (Wildman–Crippen LogP) is 1.92. The zero-order valence-corrected chi connectivity index (χ0v) is 22.9. The van der Waals surface area contributed by atoms with Crippen molar-refractivity contribution < 1.29 is 31.1 Å². The van der Waals surface area contributed by atoms with Crippen molar-refractivity contribution in [2.45, 2.75) is 15.8 Å². The molecular formula is C26H28N4O7S2. The molecule has 39 heavy (non-hydrogen) atoms. The van der Waals surface area contributed by atoms with Gasteiger partial charge in [0, 0.05) is 25.2 Å². The summed E-state index contributed by atoms with van der Waals surface area (Å²) in [5.41, 5.74) is 2.86. The summed E-state index contributed by atoms with van der Waals surface area (Å²) in [6, 6.07) is 19.2. The zero-order chi connectivity index (χ0) is 28.0. The van der Waals surface area contributed by atoms with E-state index in [9.17, 15) is 21.6 Å². The van der Waals surface area contributed by atoms with Crippen LogP contribution in [0.1, 0.15) is 5.56 Å². The van der Waals surface area contributed by atoms with Gasteiger partial charge in [0.2, 0.25) is 20.0 Å². The standard InChI is InChI=1S/C26H28N4O7S2/c1-36-24-15-9-10-20(25(24)37-2)18-27-28-26(31)23-19-29(38(32,33)21-11-5-3-6-12-21)16-17-30(23)39(34,35)22-13-7-4-8-14-22/h3-15,18,23H,16-17,19H2,1-2H3,(H,28,31)/b27-18-/t23-/m0/s1. The lowest BCUT2D eigenvalue weighted by Crippen LogP contribution is -2.60. The Morgan fingerprint density at radius 1 is 0.846 bits per heavy atom. The van der Waals surface area contributed by atoms with Crippen LogP contribution in [0.15, 0.2) is 93.8 Å². The molecule has 1 aliphatic heterocycles. The summed E-state index contributed by atoms with van der Waals surface area (Å²) in [6.07, 6.45) is 1.33. The number of nitrogens with one attached hydrogen (secondary N) is 1. The molecule has 3 aromatic carbocycles. The van der Waals surface area contributed by atoms with Crippen LogP contribution in [0.5, 0.6) is 11.5 Å². The van der Waals surface area contributed by atoms with Gasteiger partial charge in [0.15, 0.2) is 11.5 Å². The molecule has 0 saturated carbocycles. The van der Waals surface area contributed by atoms with E-state index in [0.717, 1.165) is 8.61 Å². The number of hydrazone groups is 1. The van der Waals surface area contributed by atoms with Crippen LogP contribution in [0.25, 0.3) is 0 Å². The number of piperazine rings is 1. The normalized spacial score (nSPS) is 17.1. The summed E-state index contributed by atoms with van der Waals surface area (Å²) in [6.45, 7) is -0.751. The topological polar surface area (TPSA) is 135 Å². The number of sulfonamides is 2. The first kappa shape index (κ1) is 28.2. The Labute approximate surface area is 227 Å². The van der Waals surface area contributed by atoms with E-state index in [0.29, 0.717) is 17.1 Å². The molecule has 0 unspecified atom stereocenters. The highest BCUT2D eigenvalue weighted by molar-refractivity contribution is 7.89. The van der Waals surface area contributed by atoms with Crippen molar-refractivity contribution in [2.24, 2.45) is 5.10 Å². The highest BCUT2D eigenvalue weighted by Crippen LogP contribution is 2.29. The molecule has 1 aliphatic rings. The van der Waals surface area contributed by atoms with Gasteiger partial charge in [0.1, 0.15) is 6.04 Å². The molecule has 0 bridgehead atoms. The van der Waals surface area contributed by atoms with Crippen molar-refractivity contribution in [3.05, 3.63) is 84.4 Å². The molecule has 0 aromatic heterocycles. The maximum Gasteiger partial charge on any atom is 0.259 e. The molecule has 0 radical (unpaired) electrons. The number of ether oxygens (including phenoxy) is 2. The van der Waals surface area contributed by atoms with Crippen LogP contribution in [-0.4, -0.2) is 77.5 Å². The number of carbonyl (C=O) groups is 1. The van der Waals surface area contributed by atoms with E-state index in [1.807, 2.05) is 0 Å². The van der Waals surface area contributed by atoms with Crippen LogP contribution < -0.4 is 14.9 Å². The fraction of sp³-hybridized carbons (Fsp3) is 0.231. The molecule has 1 N–H and O–H groups in total. The Kier molecular flexibility index (Phi) is 8.65. The molecule has 1 fully saturated rings. The van der Waals surface area contributed by atoms with Crippen LogP contribution in [0.2, 0.25) is 0 Å². The third-order valence-corrected chi connectivity index (χ3v) is 9.94. The molecular weight excluding hydrogens is 544 g/mol. The third kappa shape index (κ3) is 5.96. The maximum absolute atomic E-state index is 13.5. The van der Waals surface area contributed by atoms with E-state index in [1.165, 1.54) is 44.7 Å². The minimum Gasteiger partial charge on any atom is -0.493 e. The minimum absolute atomic E-state index is 0.00761. The van der Waals surface area contributed by atoms with Crippen molar-refractivity contribution in [3.8, 4) is 11.5 Å². The summed E-state index contributed by atoms with van der Waals surface area (Å²) in [7, 11) is -5.15. The molecule has 1 atom stereocenters. The van der Waals surface area contributed by atoms with Gasteiger partial charge in [0.05, 0.1) is 30.2 Å². The van der Waals surface area contributed by atoms with E-state index in [2.05, 4.69) is 10.5 Å². The Morgan fingerprint density at radius 2 is 1.46 bits per heavy atom. The van der Waals surface area contributed by atoms with Gasteiger partial charge in [-0.25, -0.2) is 22.3 Å². The molecule has 1 heterocycles. The maximum atomic E-state index is 13.5. The lowest BCUT2D eigenvalue weighted by Gasteiger charge is -2.38. The lowest BCUT2D eigenvalue weighted by molar-refractivity contribution is -0.125. The molecule has 4 rings (SSSR count). The lowest BCUT2D eigenvalue weighted by atomic mass is 10.2. The second-order valence-electron chi connectivity index (χ2n) is 8.44. The average Bonchev–Trinajstić information content (AvgIpc) is 2.97. The summed E-state index contributed by atoms with van der Waals surface area (Å²) >= 11 is 0. The van der Waals surface area contributed by atoms with E-state index < -0.39 is 38.5 Å². The highest BCUT2D eigenvalue weighted by Gasteiger charge is 2.43. The van der Waals surface area contributed by atoms with Gasteiger partial charge >= 0.3 is 0 Å². The van der Waals surface area contributed by atoms with Crippen LogP contribution in [-0.2, 0) is 24.8 Å². The second-order valence-corrected chi connectivity index (χ2v) is 12.3. The SMILES string of the molecule is COc1cccc(/C=N\NC(=O)[C@@H]2CN(S(=O)(=O)c3ccccc3)CCN2S(=O)(=O)c2ccccc2)c1OC. The van der Waals surface area contributed by atoms with E-state index >= 15 is 0 Å². The monoisotopic (exact) mass is 572 g/mol. The molecule has 1 amide bonds. The van der Waals surface area contributed by atoms with E-state index in [1.54, 1.807) is 54.6 Å². The van der Waals surface area contributed by atoms with Crippen LogP contribution in [0.3, 0.4) is 0 Å². The summed E-state index contributed by atoms with van der Waals surface area (Å²) in [5, 5.41) is 3.99. The van der Waals surface area contributed by atoms with Crippen molar-refractivity contribution in [2.75, 3.05) is 33.9 Å². The van der Waals surface area contributed by atoms with Crippen molar-refractivity contribution in [1.29, 1.82) is 0 Å². The van der Waals surface area contributed by atoms with Crippen molar-refractivity contribution in [1.82, 2.24) is 14.0 Å². The number of nitrogens with zero attached hydrogens (tertiary/aromatic N) is 3. The summed E-state index contributed by atoms with van der Waals surface area (Å²) in [4.78, 5) is 13.4. The number of para-hydroxylation sites is 1. The molecule has 0 aliphatic carbocycles. The Morgan fingerprint density at radius 3 is 2.05 bits per heavy atom. The van der Waals surface area contributed by atoms with Gasteiger partial charge in [0.25, 0.3) is 5.91 Å². The molecule has 206 valence electrons. The summed E-state index contributed by atoms with van der Waals surface area (Å²) < 4.78 is 66.3. The zero-order valence-electron chi connectivity index (χ0n) is 21.3. The first-order valence-corrected chi connectivity index (χ1v) is 14.7. The van der Waals surface area contributed by atoms with Gasteiger partial charge in [-0.2, -0.15) is 13.7 Å². The van der Waals surface area contributed by atoms with Gasteiger partial charge in [-0.3, -0.25) is 4.79 Å². The van der Waals surface area contributed by atoms with Crippen LogP contribution in [0, 0.1) is 0 Å². The smallest absolute Gasteiger partial charge is 0.259 e.